The van der Waals surface area contributed by atoms with Crippen molar-refractivity contribution >= 4 is 29.3 Å². The predicted octanol–water partition coefficient (Wildman–Crippen LogP) is 1.74. The fourth-order valence-electron chi connectivity index (χ4n) is 2.30. The van der Waals surface area contributed by atoms with Gasteiger partial charge in [0.2, 0.25) is 0 Å². The summed E-state index contributed by atoms with van der Waals surface area (Å²) in [5.74, 6) is -0.931. The number of ether oxygens (including phenoxy) is 2. The molecule has 1 aliphatic heterocycles. The monoisotopic (exact) mass is 352 g/mol. The minimum absolute atomic E-state index is 0.172. The Hall–Kier alpha value is -2.35. The molecular weight excluding hydrogens is 332 g/mol. The zero-order valence-electron chi connectivity index (χ0n) is 13.6. The predicted molar refractivity (Wildman–Crippen MR) is 88.4 cm³/mol. The zero-order valence-corrected chi connectivity index (χ0v) is 14.4. The lowest BCUT2D eigenvalue weighted by molar-refractivity contribution is -0.143. The molecule has 130 valence electrons. The van der Waals surface area contributed by atoms with Crippen LogP contribution in [0.5, 0.6) is 0 Å². The van der Waals surface area contributed by atoms with Crippen LogP contribution in [0, 0.1) is 0 Å². The van der Waals surface area contributed by atoms with E-state index in [1.807, 2.05) is 16.8 Å². The third kappa shape index (κ3) is 4.82. The summed E-state index contributed by atoms with van der Waals surface area (Å²) in [7, 11) is 0. The lowest BCUT2D eigenvalue weighted by Crippen LogP contribution is -2.50. The Kier molecular flexibility index (Phi) is 6.36. The highest BCUT2D eigenvalue weighted by molar-refractivity contribution is 7.07. The van der Waals surface area contributed by atoms with E-state index in [9.17, 15) is 14.4 Å². The average Bonchev–Trinajstić information content (AvgIpc) is 3.03. The van der Waals surface area contributed by atoms with Gasteiger partial charge >= 0.3 is 18.0 Å². The molecule has 2 amide bonds. The average molecular weight is 352 g/mol. The van der Waals surface area contributed by atoms with Crippen LogP contribution < -0.4 is 10.6 Å². The van der Waals surface area contributed by atoms with Crippen molar-refractivity contribution < 1.29 is 23.9 Å². The van der Waals surface area contributed by atoms with Crippen LogP contribution in [-0.4, -0.2) is 37.2 Å². The highest BCUT2D eigenvalue weighted by Crippen LogP contribution is 2.15. The highest BCUT2D eigenvalue weighted by Gasteiger charge is 2.30. The first kappa shape index (κ1) is 18.0. The normalized spacial score (nSPS) is 17.1. The van der Waals surface area contributed by atoms with Crippen molar-refractivity contribution in [1.29, 1.82) is 0 Å². The Morgan fingerprint density at radius 1 is 1.33 bits per heavy atom. The molecule has 0 bridgehead atoms. The first-order chi connectivity index (χ1) is 11.5. The topological polar surface area (TPSA) is 93.7 Å². The molecule has 24 heavy (non-hydrogen) atoms. The molecule has 7 nitrogen and oxygen atoms in total. The fourth-order valence-corrected chi connectivity index (χ4v) is 3.00. The van der Waals surface area contributed by atoms with Gasteiger partial charge in [0, 0.05) is 6.42 Å². The van der Waals surface area contributed by atoms with Gasteiger partial charge in [-0.05, 0) is 42.7 Å². The van der Waals surface area contributed by atoms with Gasteiger partial charge in [0.15, 0.2) is 0 Å². The summed E-state index contributed by atoms with van der Waals surface area (Å²) in [5, 5.41) is 9.02. The van der Waals surface area contributed by atoms with Crippen LogP contribution in [0.15, 0.2) is 28.1 Å². The van der Waals surface area contributed by atoms with E-state index < -0.39 is 24.0 Å². The molecule has 0 saturated heterocycles. The SMILES string of the molecule is CCOC(=O)C1=C(COC(=O)CCc2ccsc2)NC(=O)N[C@@H]1C. The maximum Gasteiger partial charge on any atom is 0.338 e. The van der Waals surface area contributed by atoms with Crippen LogP contribution in [0.25, 0.3) is 0 Å². The second-order valence-electron chi connectivity index (χ2n) is 5.23. The molecule has 0 fully saturated rings. The molecule has 1 aliphatic rings. The smallest absolute Gasteiger partial charge is 0.338 e. The van der Waals surface area contributed by atoms with Gasteiger partial charge in [0.05, 0.1) is 23.9 Å². The van der Waals surface area contributed by atoms with Gasteiger partial charge < -0.3 is 20.1 Å². The number of urea groups is 1. The van der Waals surface area contributed by atoms with Crippen molar-refractivity contribution in [2.45, 2.75) is 32.7 Å². The van der Waals surface area contributed by atoms with Gasteiger partial charge in [-0.1, -0.05) is 0 Å². The molecule has 8 heteroatoms. The molecule has 0 unspecified atom stereocenters. The molecule has 0 saturated carbocycles. The van der Waals surface area contributed by atoms with E-state index in [2.05, 4.69) is 10.6 Å². The van der Waals surface area contributed by atoms with Gasteiger partial charge in [-0.15, -0.1) is 0 Å². The molecule has 0 aliphatic carbocycles. The second-order valence-corrected chi connectivity index (χ2v) is 6.01. The molecule has 0 radical (unpaired) electrons. The number of hydrogen-bond acceptors (Lipinski definition) is 6. The van der Waals surface area contributed by atoms with E-state index in [1.165, 1.54) is 0 Å². The Morgan fingerprint density at radius 3 is 2.79 bits per heavy atom. The Balaban J connectivity index is 1.97. The number of carbonyl (C=O) groups is 3. The van der Waals surface area contributed by atoms with Crippen molar-refractivity contribution in [3.63, 3.8) is 0 Å². The fraction of sp³-hybridized carbons (Fsp3) is 0.438. The first-order valence-electron chi connectivity index (χ1n) is 7.65. The van der Waals surface area contributed by atoms with E-state index in [4.69, 9.17) is 9.47 Å². The van der Waals surface area contributed by atoms with Crippen molar-refractivity contribution in [2.24, 2.45) is 0 Å². The molecule has 0 spiro atoms. The molecule has 1 atom stereocenters. The van der Waals surface area contributed by atoms with E-state index >= 15 is 0 Å². The summed E-state index contributed by atoms with van der Waals surface area (Å²) in [6.07, 6.45) is 0.830. The number of carbonyl (C=O) groups excluding carboxylic acids is 3. The van der Waals surface area contributed by atoms with Crippen molar-refractivity contribution in [2.75, 3.05) is 13.2 Å². The number of rotatable bonds is 7. The van der Waals surface area contributed by atoms with Crippen LogP contribution >= 0.6 is 11.3 Å². The van der Waals surface area contributed by atoms with E-state index in [0.717, 1.165) is 5.56 Å². The number of thiophene rings is 1. The lowest BCUT2D eigenvalue weighted by atomic mass is 10.0. The van der Waals surface area contributed by atoms with Crippen molar-refractivity contribution in [3.8, 4) is 0 Å². The summed E-state index contributed by atoms with van der Waals surface area (Å²) in [6.45, 7) is 3.41. The van der Waals surface area contributed by atoms with E-state index in [0.29, 0.717) is 6.42 Å². The summed E-state index contributed by atoms with van der Waals surface area (Å²) in [4.78, 5) is 35.5. The lowest BCUT2D eigenvalue weighted by Gasteiger charge is -2.26. The quantitative estimate of drug-likeness (QED) is 0.729. The highest BCUT2D eigenvalue weighted by atomic mass is 32.1. The van der Waals surface area contributed by atoms with Crippen molar-refractivity contribution in [1.82, 2.24) is 10.6 Å². The Bertz CT molecular complexity index is 639. The minimum atomic E-state index is -0.540. The van der Waals surface area contributed by atoms with Gasteiger partial charge in [-0.2, -0.15) is 11.3 Å². The first-order valence-corrected chi connectivity index (χ1v) is 8.60. The summed E-state index contributed by atoms with van der Waals surface area (Å²) in [6, 6.07) is 0.991. The van der Waals surface area contributed by atoms with Gasteiger partial charge in [0.25, 0.3) is 0 Å². The van der Waals surface area contributed by atoms with Crippen LogP contribution in [0.1, 0.15) is 25.8 Å². The molecule has 0 aromatic carbocycles. The molecular formula is C16H20N2O5S. The molecule has 1 aromatic rings. The van der Waals surface area contributed by atoms with Gasteiger partial charge in [-0.25, -0.2) is 9.59 Å². The second kappa shape index (κ2) is 8.49. The number of hydrogen-bond donors (Lipinski definition) is 2. The standard InChI is InChI=1S/C16H20N2O5S/c1-3-22-15(20)14-10(2)17-16(21)18-12(14)8-23-13(19)5-4-11-6-7-24-9-11/h6-7,9-10H,3-5,8H2,1-2H3,(H2,17,18,21)/t10-/m1/s1. The van der Waals surface area contributed by atoms with E-state index in [1.54, 1.807) is 25.2 Å². The van der Waals surface area contributed by atoms with Crippen LogP contribution in [0.3, 0.4) is 0 Å². The van der Waals surface area contributed by atoms with Crippen LogP contribution in [-0.2, 0) is 25.5 Å². The summed E-state index contributed by atoms with van der Waals surface area (Å²) in [5.41, 5.74) is 1.60. The molecule has 1 aromatic heterocycles. The zero-order chi connectivity index (χ0) is 17.5. The van der Waals surface area contributed by atoms with Gasteiger partial charge in [-0.3, -0.25) is 4.79 Å². The Morgan fingerprint density at radius 2 is 2.12 bits per heavy atom. The summed E-state index contributed by atoms with van der Waals surface area (Å²) < 4.78 is 10.2. The largest absolute Gasteiger partial charge is 0.463 e. The third-order valence-electron chi connectivity index (χ3n) is 3.44. The maximum atomic E-state index is 12.0. The van der Waals surface area contributed by atoms with Gasteiger partial charge in [0.1, 0.15) is 6.61 Å². The number of esters is 2. The third-order valence-corrected chi connectivity index (χ3v) is 4.17. The number of amides is 2. The van der Waals surface area contributed by atoms with Crippen LogP contribution in [0.4, 0.5) is 4.79 Å². The number of nitrogens with one attached hydrogen (secondary N) is 2. The molecule has 2 heterocycles. The van der Waals surface area contributed by atoms with E-state index in [-0.39, 0.29) is 30.9 Å². The molecule has 2 N–H and O–H groups in total. The number of aryl methyl sites for hydroxylation is 1. The van der Waals surface area contributed by atoms with Crippen molar-refractivity contribution in [3.05, 3.63) is 33.7 Å². The maximum absolute atomic E-state index is 12.0. The van der Waals surface area contributed by atoms with Crippen LogP contribution in [0.2, 0.25) is 0 Å². The Labute approximate surface area is 144 Å². The minimum Gasteiger partial charge on any atom is -0.463 e. The summed E-state index contributed by atoms with van der Waals surface area (Å²) >= 11 is 1.57. The molecule has 2 rings (SSSR count).